The van der Waals surface area contributed by atoms with Crippen molar-refractivity contribution in [3.8, 4) is 0 Å². The summed E-state index contributed by atoms with van der Waals surface area (Å²) in [4.78, 5) is 10.3. The molecular weight excluding hydrogens is 140 g/mol. The lowest BCUT2D eigenvalue weighted by Gasteiger charge is -2.09. The van der Waals surface area contributed by atoms with Gasteiger partial charge >= 0.3 is 5.97 Å². The van der Waals surface area contributed by atoms with Crippen molar-refractivity contribution in [3.05, 3.63) is 0 Å². The van der Waals surface area contributed by atoms with Gasteiger partial charge < -0.3 is 4.74 Å². The summed E-state index contributed by atoms with van der Waals surface area (Å²) >= 11 is 5.43. The molecule has 0 rings (SSSR count). The van der Waals surface area contributed by atoms with Crippen LogP contribution in [-0.4, -0.2) is 18.0 Å². The molecule has 0 saturated carbocycles. The van der Waals surface area contributed by atoms with Crippen molar-refractivity contribution in [1.82, 2.24) is 0 Å². The third kappa shape index (κ3) is 4.28. The Balaban J connectivity index is 3.43. The van der Waals surface area contributed by atoms with E-state index in [-0.39, 0.29) is 12.1 Å². The van der Waals surface area contributed by atoms with E-state index in [1.54, 1.807) is 0 Å². The fourth-order valence-electron chi connectivity index (χ4n) is 0.459. The number of rotatable bonds is 3. The number of hydrogen-bond acceptors (Lipinski definition) is 2. The zero-order valence-electron chi connectivity index (χ0n) is 5.69. The molecule has 0 spiro atoms. The topological polar surface area (TPSA) is 26.3 Å². The number of ether oxygens (including phenoxy) is 1. The summed E-state index contributed by atoms with van der Waals surface area (Å²) in [5.41, 5.74) is 0. The number of alkyl halides is 1. The Morgan fingerprint density at radius 3 is 2.44 bits per heavy atom. The van der Waals surface area contributed by atoms with E-state index in [1.807, 2.05) is 6.92 Å². The van der Waals surface area contributed by atoms with E-state index >= 15 is 0 Å². The van der Waals surface area contributed by atoms with E-state index in [2.05, 4.69) is 0 Å². The summed E-state index contributed by atoms with van der Waals surface area (Å²) in [5.74, 6) is 0.123. The van der Waals surface area contributed by atoms with E-state index in [0.717, 1.165) is 6.42 Å². The first-order valence-electron chi connectivity index (χ1n) is 2.93. The Labute approximate surface area is 60.1 Å². The first-order chi connectivity index (χ1) is 4.20. The van der Waals surface area contributed by atoms with E-state index in [4.69, 9.17) is 16.3 Å². The summed E-state index contributed by atoms with van der Waals surface area (Å²) in [6.07, 6.45) is 0.674. The van der Waals surface area contributed by atoms with Crippen molar-refractivity contribution >= 4 is 17.6 Å². The van der Waals surface area contributed by atoms with Gasteiger partial charge in [0.25, 0.3) is 0 Å². The molecule has 3 heteroatoms. The van der Waals surface area contributed by atoms with Gasteiger partial charge in [0.1, 0.15) is 6.10 Å². The maximum atomic E-state index is 10.3. The molecular formula is C6H11ClO2. The van der Waals surface area contributed by atoms with Crippen LogP contribution in [0.1, 0.15) is 20.3 Å². The molecule has 0 heterocycles. The van der Waals surface area contributed by atoms with Crippen LogP contribution < -0.4 is 0 Å². The minimum atomic E-state index is -0.262. The summed E-state index contributed by atoms with van der Waals surface area (Å²) in [6.45, 7) is 3.31. The van der Waals surface area contributed by atoms with Crippen molar-refractivity contribution in [1.29, 1.82) is 0 Å². The van der Waals surface area contributed by atoms with E-state index in [1.165, 1.54) is 6.92 Å². The lowest BCUT2D eigenvalue weighted by Crippen LogP contribution is -2.16. The normalized spacial score (nSPS) is 12.8. The van der Waals surface area contributed by atoms with Gasteiger partial charge in [-0.1, -0.05) is 6.92 Å². The maximum absolute atomic E-state index is 10.3. The summed E-state index contributed by atoms with van der Waals surface area (Å²) in [6, 6.07) is 0. The minimum absolute atomic E-state index is 0.107. The van der Waals surface area contributed by atoms with E-state index in [9.17, 15) is 4.79 Å². The maximum Gasteiger partial charge on any atom is 0.302 e. The molecule has 0 aromatic rings. The molecule has 9 heavy (non-hydrogen) atoms. The van der Waals surface area contributed by atoms with Crippen LogP contribution in [0.2, 0.25) is 0 Å². The molecule has 0 aromatic carbocycles. The van der Waals surface area contributed by atoms with Gasteiger partial charge in [-0.25, -0.2) is 0 Å². The quantitative estimate of drug-likeness (QED) is 0.451. The second-order valence-corrected chi connectivity index (χ2v) is 2.10. The monoisotopic (exact) mass is 150 g/mol. The highest BCUT2D eigenvalue weighted by Crippen LogP contribution is 1.99. The van der Waals surface area contributed by atoms with Crippen molar-refractivity contribution in [3.63, 3.8) is 0 Å². The largest absolute Gasteiger partial charge is 0.461 e. The molecule has 0 aliphatic rings. The third-order valence-electron chi connectivity index (χ3n) is 0.960. The van der Waals surface area contributed by atoms with Crippen LogP contribution >= 0.6 is 11.6 Å². The van der Waals surface area contributed by atoms with Crippen molar-refractivity contribution in [2.45, 2.75) is 26.4 Å². The van der Waals surface area contributed by atoms with Crippen LogP contribution in [0.15, 0.2) is 0 Å². The van der Waals surface area contributed by atoms with Gasteiger partial charge in [0, 0.05) is 6.92 Å². The molecule has 0 aliphatic carbocycles. The molecule has 0 bridgehead atoms. The molecule has 0 aliphatic heterocycles. The average molecular weight is 151 g/mol. The predicted octanol–water partition coefficient (Wildman–Crippen LogP) is 1.57. The molecule has 54 valence electrons. The fraction of sp³-hybridized carbons (Fsp3) is 0.833. The summed E-state index contributed by atoms with van der Waals surface area (Å²) < 4.78 is 4.78. The standard InChI is InChI=1S/C6H11ClO2/c1-3-6(4-7)9-5(2)8/h6H,3-4H2,1-2H3. The van der Waals surface area contributed by atoms with Gasteiger partial charge in [0.2, 0.25) is 0 Å². The average Bonchev–Trinajstić information content (AvgIpc) is 1.82. The number of carbonyl (C=O) groups is 1. The molecule has 2 nitrogen and oxygen atoms in total. The lowest BCUT2D eigenvalue weighted by atomic mass is 10.3. The van der Waals surface area contributed by atoms with Crippen molar-refractivity contribution in [2.24, 2.45) is 0 Å². The van der Waals surface area contributed by atoms with Crippen molar-refractivity contribution in [2.75, 3.05) is 5.88 Å². The van der Waals surface area contributed by atoms with Crippen LogP contribution in [0.25, 0.3) is 0 Å². The SMILES string of the molecule is CCC(CCl)OC(C)=O. The van der Waals surface area contributed by atoms with Gasteiger partial charge in [-0.3, -0.25) is 4.79 Å². The number of carbonyl (C=O) groups excluding carboxylic acids is 1. The smallest absolute Gasteiger partial charge is 0.302 e. The zero-order valence-corrected chi connectivity index (χ0v) is 6.44. The minimum Gasteiger partial charge on any atom is -0.461 e. The number of esters is 1. The Bertz CT molecular complexity index is 89.1. The fourth-order valence-corrected chi connectivity index (χ4v) is 0.740. The summed E-state index contributed by atoms with van der Waals surface area (Å²) in [5, 5.41) is 0. The lowest BCUT2D eigenvalue weighted by molar-refractivity contribution is -0.145. The Hall–Kier alpha value is -0.240. The highest BCUT2D eigenvalue weighted by atomic mass is 35.5. The zero-order chi connectivity index (χ0) is 7.28. The van der Waals surface area contributed by atoms with Crippen molar-refractivity contribution < 1.29 is 9.53 Å². The molecule has 0 amide bonds. The van der Waals surface area contributed by atoms with E-state index < -0.39 is 0 Å². The Kier molecular flexibility index (Phi) is 4.50. The molecule has 0 saturated heterocycles. The first-order valence-corrected chi connectivity index (χ1v) is 3.47. The second-order valence-electron chi connectivity index (χ2n) is 1.79. The molecule has 0 N–H and O–H groups in total. The Morgan fingerprint density at radius 2 is 2.33 bits per heavy atom. The molecule has 1 unspecified atom stereocenters. The van der Waals surface area contributed by atoms with Gasteiger partial charge in [0.15, 0.2) is 0 Å². The second kappa shape index (κ2) is 4.62. The van der Waals surface area contributed by atoms with Crippen LogP contribution in [-0.2, 0) is 9.53 Å². The van der Waals surface area contributed by atoms with Gasteiger partial charge in [-0.05, 0) is 6.42 Å². The van der Waals surface area contributed by atoms with Gasteiger partial charge in [-0.2, -0.15) is 0 Å². The number of hydrogen-bond donors (Lipinski definition) is 0. The van der Waals surface area contributed by atoms with Crippen LogP contribution in [0.4, 0.5) is 0 Å². The predicted molar refractivity (Wildman–Crippen MR) is 36.6 cm³/mol. The molecule has 0 radical (unpaired) electrons. The summed E-state index contributed by atoms with van der Waals surface area (Å²) in [7, 11) is 0. The molecule has 0 aromatic heterocycles. The Morgan fingerprint density at radius 1 is 1.78 bits per heavy atom. The number of halogens is 1. The van der Waals surface area contributed by atoms with Crippen LogP contribution in [0.5, 0.6) is 0 Å². The first kappa shape index (κ1) is 8.76. The van der Waals surface area contributed by atoms with Crippen LogP contribution in [0.3, 0.4) is 0 Å². The van der Waals surface area contributed by atoms with Gasteiger partial charge in [-0.15, -0.1) is 11.6 Å². The van der Waals surface area contributed by atoms with Gasteiger partial charge in [0.05, 0.1) is 5.88 Å². The van der Waals surface area contributed by atoms with E-state index in [0.29, 0.717) is 5.88 Å². The highest BCUT2D eigenvalue weighted by molar-refractivity contribution is 6.18. The van der Waals surface area contributed by atoms with Crippen LogP contribution in [0, 0.1) is 0 Å². The molecule has 0 fully saturated rings. The highest BCUT2D eigenvalue weighted by Gasteiger charge is 2.05. The molecule has 1 atom stereocenters. The third-order valence-corrected chi connectivity index (χ3v) is 1.30.